The van der Waals surface area contributed by atoms with Crippen molar-refractivity contribution in [2.24, 2.45) is 0 Å². The van der Waals surface area contributed by atoms with Crippen LogP contribution in [0.4, 0.5) is 17.6 Å². The average Bonchev–Trinajstić information content (AvgIpc) is 2.25. The van der Waals surface area contributed by atoms with Crippen LogP contribution in [0.3, 0.4) is 0 Å². The summed E-state index contributed by atoms with van der Waals surface area (Å²) in [5.41, 5.74) is -3.13. The highest BCUT2D eigenvalue weighted by atomic mass is 79.9. The van der Waals surface area contributed by atoms with Gasteiger partial charge in [-0.1, -0.05) is 15.9 Å². The van der Waals surface area contributed by atoms with Crippen molar-refractivity contribution in [2.75, 3.05) is 5.33 Å². The fourth-order valence-electron chi connectivity index (χ4n) is 1.27. The molecule has 0 aromatic heterocycles. The molecule has 0 N–H and O–H groups in total. The van der Waals surface area contributed by atoms with E-state index in [1.165, 1.54) is 6.07 Å². The fraction of sp³-hybridized carbons (Fsp3) is 0.200. The number of hydrogen-bond donors (Lipinski definition) is 0. The number of ketones is 1. The van der Waals surface area contributed by atoms with Crippen molar-refractivity contribution < 1.29 is 22.4 Å². The first-order valence-corrected chi connectivity index (χ1v) is 5.34. The van der Waals surface area contributed by atoms with Gasteiger partial charge in [-0.2, -0.15) is 18.4 Å². The van der Waals surface area contributed by atoms with E-state index in [-0.39, 0.29) is 5.33 Å². The predicted molar refractivity (Wildman–Crippen MR) is 54.2 cm³/mol. The molecule has 0 saturated heterocycles. The Morgan fingerprint density at radius 2 is 2.00 bits per heavy atom. The largest absolute Gasteiger partial charge is 0.420 e. The summed E-state index contributed by atoms with van der Waals surface area (Å²) in [5, 5.41) is 8.40. The summed E-state index contributed by atoms with van der Waals surface area (Å²) in [7, 11) is 0. The standard InChI is InChI=1S/C10H4BrF4NO/c11-3-8(17)5-1-2-7(12)9(6(5)4-16)10(13,14)15/h1-2H,3H2. The second-order valence-corrected chi connectivity index (χ2v) is 3.57. The lowest BCUT2D eigenvalue weighted by atomic mass is 9.98. The van der Waals surface area contributed by atoms with E-state index < -0.39 is 34.5 Å². The van der Waals surface area contributed by atoms with Crippen molar-refractivity contribution in [2.45, 2.75) is 6.18 Å². The summed E-state index contributed by atoms with van der Waals surface area (Å²) in [6.07, 6.45) is -5.02. The first kappa shape index (κ1) is 13.6. The first-order chi connectivity index (χ1) is 7.82. The molecule has 0 atom stereocenters. The number of nitriles is 1. The van der Waals surface area contributed by atoms with E-state index in [0.717, 1.165) is 6.07 Å². The van der Waals surface area contributed by atoms with Crippen LogP contribution in [0.5, 0.6) is 0 Å². The van der Waals surface area contributed by atoms with Crippen LogP contribution in [0.15, 0.2) is 12.1 Å². The molecule has 1 aromatic carbocycles. The smallest absolute Gasteiger partial charge is 0.293 e. The molecule has 0 aliphatic heterocycles. The molecule has 0 spiro atoms. The molecule has 7 heteroatoms. The van der Waals surface area contributed by atoms with Gasteiger partial charge < -0.3 is 0 Å². The molecule has 17 heavy (non-hydrogen) atoms. The average molecular weight is 310 g/mol. The van der Waals surface area contributed by atoms with Gasteiger partial charge >= 0.3 is 6.18 Å². The fourth-order valence-corrected chi connectivity index (χ4v) is 1.58. The van der Waals surface area contributed by atoms with Gasteiger partial charge in [-0.15, -0.1) is 0 Å². The molecule has 90 valence electrons. The van der Waals surface area contributed by atoms with Gasteiger partial charge in [-0.25, -0.2) is 4.39 Å². The van der Waals surface area contributed by atoms with E-state index >= 15 is 0 Å². The minimum atomic E-state index is -5.02. The third-order valence-corrected chi connectivity index (χ3v) is 2.48. The lowest BCUT2D eigenvalue weighted by molar-refractivity contribution is -0.140. The quantitative estimate of drug-likeness (QED) is 0.478. The molecular weight excluding hydrogens is 306 g/mol. The van der Waals surface area contributed by atoms with Crippen LogP contribution in [0.2, 0.25) is 0 Å². The topological polar surface area (TPSA) is 40.9 Å². The SMILES string of the molecule is N#Cc1c(C(=O)CBr)ccc(F)c1C(F)(F)F. The molecule has 1 rings (SSSR count). The Morgan fingerprint density at radius 3 is 2.41 bits per heavy atom. The molecule has 0 aliphatic carbocycles. The summed E-state index contributed by atoms with van der Waals surface area (Å²) < 4.78 is 50.7. The van der Waals surface area contributed by atoms with Crippen molar-refractivity contribution in [1.82, 2.24) is 0 Å². The van der Waals surface area contributed by atoms with Gasteiger partial charge in [0.2, 0.25) is 0 Å². The van der Waals surface area contributed by atoms with Crippen LogP contribution in [-0.4, -0.2) is 11.1 Å². The third kappa shape index (κ3) is 2.64. The molecule has 0 amide bonds. The van der Waals surface area contributed by atoms with Crippen molar-refractivity contribution in [3.05, 3.63) is 34.6 Å². The van der Waals surface area contributed by atoms with Gasteiger partial charge in [0.25, 0.3) is 0 Å². The molecule has 0 unspecified atom stereocenters. The Labute approximate surface area is 102 Å². The number of hydrogen-bond acceptors (Lipinski definition) is 2. The number of halogens is 5. The van der Waals surface area contributed by atoms with E-state index in [1.807, 2.05) is 0 Å². The lowest BCUT2D eigenvalue weighted by Gasteiger charge is -2.12. The molecule has 0 bridgehead atoms. The Kier molecular flexibility index (Phi) is 3.88. The summed E-state index contributed by atoms with van der Waals surface area (Å²) in [4.78, 5) is 11.3. The number of benzene rings is 1. The molecule has 0 radical (unpaired) electrons. The Balaban J connectivity index is 3.61. The van der Waals surface area contributed by atoms with E-state index in [0.29, 0.717) is 6.07 Å². The summed E-state index contributed by atoms with van der Waals surface area (Å²) in [6.45, 7) is 0. The van der Waals surface area contributed by atoms with Crippen LogP contribution < -0.4 is 0 Å². The van der Waals surface area contributed by atoms with Crippen molar-refractivity contribution in [3.8, 4) is 6.07 Å². The van der Waals surface area contributed by atoms with Crippen LogP contribution in [0.25, 0.3) is 0 Å². The van der Waals surface area contributed by atoms with Crippen molar-refractivity contribution in [1.29, 1.82) is 5.26 Å². The van der Waals surface area contributed by atoms with Gasteiger partial charge in [0.05, 0.1) is 10.9 Å². The molecule has 0 aliphatic rings. The molecule has 1 aromatic rings. The number of alkyl halides is 4. The Bertz CT molecular complexity index is 504. The molecule has 0 saturated carbocycles. The first-order valence-electron chi connectivity index (χ1n) is 4.22. The highest BCUT2D eigenvalue weighted by Gasteiger charge is 2.38. The van der Waals surface area contributed by atoms with Crippen molar-refractivity contribution >= 4 is 21.7 Å². The number of rotatable bonds is 2. The second-order valence-electron chi connectivity index (χ2n) is 3.01. The molecule has 0 heterocycles. The van der Waals surface area contributed by atoms with Gasteiger partial charge in [0.15, 0.2) is 5.78 Å². The van der Waals surface area contributed by atoms with Crippen LogP contribution >= 0.6 is 15.9 Å². The number of carbonyl (C=O) groups is 1. The second kappa shape index (κ2) is 4.84. The van der Waals surface area contributed by atoms with Crippen LogP contribution in [-0.2, 0) is 6.18 Å². The van der Waals surface area contributed by atoms with Crippen LogP contribution in [0, 0.1) is 17.1 Å². The summed E-state index contributed by atoms with van der Waals surface area (Å²) in [6, 6.07) is 2.62. The van der Waals surface area contributed by atoms with E-state index in [1.54, 1.807) is 0 Å². The van der Waals surface area contributed by atoms with E-state index in [4.69, 9.17) is 5.26 Å². The number of carbonyl (C=O) groups excluding carboxylic acids is 1. The highest BCUT2D eigenvalue weighted by molar-refractivity contribution is 9.09. The van der Waals surface area contributed by atoms with E-state index in [2.05, 4.69) is 15.9 Å². The zero-order valence-electron chi connectivity index (χ0n) is 8.11. The normalized spacial score (nSPS) is 11.1. The maximum atomic E-state index is 13.1. The van der Waals surface area contributed by atoms with E-state index in [9.17, 15) is 22.4 Å². The Morgan fingerprint density at radius 1 is 1.41 bits per heavy atom. The lowest BCUT2D eigenvalue weighted by Crippen LogP contribution is -2.15. The summed E-state index contributed by atoms with van der Waals surface area (Å²) in [5.74, 6) is -2.28. The zero-order chi connectivity index (χ0) is 13.2. The third-order valence-electron chi connectivity index (χ3n) is 1.97. The predicted octanol–water partition coefficient (Wildman–Crippen LogP) is 3.29. The maximum absolute atomic E-state index is 13.1. The minimum absolute atomic E-state index is 0.245. The van der Waals surface area contributed by atoms with Crippen LogP contribution in [0.1, 0.15) is 21.5 Å². The van der Waals surface area contributed by atoms with Gasteiger partial charge in [0, 0.05) is 5.56 Å². The minimum Gasteiger partial charge on any atom is -0.293 e. The zero-order valence-corrected chi connectivity index (χ0v) is 9.69. The van der Waals surface area contributed by atoms with Crippen molar-refractivity contribution in [3.63, 3.8) is 0 Å². The highest BCUT2D eigenvalue weighted by Crippen LogP contribution is 2.35. The van der Waals surface area contributed by atoms with Gasteiger partial charge in [0.1, 0.15) is 17.4 Å². The van der Waals surface area contributed by atoms with Gasteiger partial charge in [-0.3, -0.25) is 4.79 Å². The maximum Gasteiger partial charge on any atom is 0.420 e. The Hall–Kier alpha value is -1.42. The van der Waals surface area contributed by atoms with Gasteiger partial charge in [-0.05, 0) is 12.1 Å². The molecular formula is C10H4BrF4NO. The summed E-state index contributed by atoms with van der Waals surface area (Å²) >= 11 is 2.77. The monoisotopic (exact) mass is 309 g/mol. The number of Topliss-reactive ketones (excluding diaryl/α,β-unsaturated/α-hetero) is 1. The molecule has 2 nitrogen and oxygen atoms in total. The molecule has 0 fully saturated rings. The number of nitrogens with zero attached hydrogens (tertiary/aromatic N) is 1.